The Labute approximate surface area is 135 Å². The fraction of sp³-hybridized carbons (Fsp3) is 0.316. The fourth-order valence-electron chi connectivity index (χ4n) is 2.36. The van der Waals surface area contributed by atoms with E-state index in [-0.39, 0.29) is 5.78 Å². The van der Waals surface area contributed by atoms with E-state index < -0.39 is 0 Å². The van der Waals surface area contributed by atoms with Crippen molar-refractivity contribution < 1.29 is 4.79 Å². The van der Waals surface area contributed by atoms with Gasteiger partial charge in [0.05, 0.1) is 0 Å². The van der Waals surface area contributed by atoms with Gasteiger partial charge in [0.2, 0.25) is 0 Å². The van der Waals surface area contributed by atoms with E-state index in [1.54, 1.807) is 0 Å². The van der Waals surface area contributed by atoms with Gasteiger partial charge >= 0.3 is 0 Å². The first-order valence-electron chi connectivity index (χ1n) is 7.56. The maximum Gasteiger partial charge on any atom is 0.193 e. The molecule has 0 amide bonds. The Morgan fingerprint density at radius 2 is 1.38 bits per heavy atom. The van der Waals surface area contributed by atoms with E-state index in [4.69, 9.17) is 0 Å². The normalized spacial score (nSPS) is 10.5. The largest absolute Gasteiger partial charge is 0.289 e. The summed E-state index contributed by atoms with van der Waals surface area (Å²) in [4.78, 5) is 12.3. The Balaban J connectivity index is 1.88. The minimum Gasteiger partial charge on any atom is -0.289 e. The number of alkyl halides is 1. The van der Waals surface area contributed by atoms with Crippen molar-refractivity contribution in [1.82, 2.24) is 0 Å². The first-order valence-corrected chi connectivity index (χ1v) is 8.68. The van der Waals surface area contributed by atoms with E-state index in [2.05, 4.69) is 28.1 Å². The number of halogens is 1. The topological polar surface area (TPSA) is 17.1 Å². The molecule has 110 valence electrons. The van der Waals surface area contributed by atoms with Crippen molar-refractivity contribution >= 4 is 21.7 Å². The van der Waals surface area contributed by atoms with Crippen LogP contribution < -0.4 is 0 Å². The Morgan fingerprint density at radius 3 is 2.05 bits per heavy atom. The molecule has 0 heterocycles. The number of hydrogen-bond acceptors (Lipinski definition) is 1. The molecule has 0 aromatic heterocycles. The highest BCUT2D eigenvalue weighted by Gasteiger charge is 2.07. The van der Waals surface area contributed by atoms with Crippen LogP contribution in [0, 0.1) is 0 Å². The van der Waals surface area contributed by atoms with Gasteiger partial charge in [-0.25, -0.2) is 0 Å². The quantitative estimate of drug-likeness (QED) is 0.355. The van der Waals surface area contributed by atoms with Gasteiger partial charge in [0.25, 0.3) is 0 Å². The molecule has 0 N–H and O–H groups in total. The van der Waals surface area contributed by atoms with E-state index in [9.17, 15) is 4.79 Å². The average Bonchev–Trinajstić information content (AvgIpc) is 2.55. The van der Waals surface area contributed by atoms with Crippen LogP contribution in [-0.2, 0) is 6.42 Å². The third-order valence-corrected chi connectivity index (χ3v) is 4.16. The van der Waals surface area contributed by atoms with Crippen LogP contribution in [0.3, 0.4) is 0 Å². The SMILES string of the molecule is O=C(c1ccccc1)c1ccc(CCCCCCBr)cc1. The molecule has 1 nitrogen and oxygen atoms in total. The van der Waals surface area contributed by atoms with Crippen LogP contribution in [0.15, 0.2) is 54.6 Å². The number of aryl methyl sites for hydroxylation is 1. The molecular weight excluding hydrogens is 324 g/mol. The summed E-state index contributed by atoms with van der Waals surface area (Å²) in [5.74, 6) is 0.0967. The fourth-order valence-corrected chi connectivity index (χ4v) is 2.75. The summed E-state index contributed by atoms with van der Waals surface area (Å²) in [5, 5.41) is 1.10. The molecule has 2 heteroatoms. The summed E-state index contributed by atoms with van der Waals surface area (Å²) in [6, 6.07) is 17.5. The lowest BCUT2D eigenvalue weighted by Gasteiger charge is -2.04. The Bertz CT molecular complexity index is 546. The van der Waals surface area contributed by atoms with Gasteiger partial charge in [-0.15, -0.1) is 0 Å². The number of carbonyl (C=O) groups is 1. The number of carbonyl (C=O) groups excluding carboxylic acids is 1. The second kappa shape index (κ2) is 8.78. The summed E-state index contributed by atoms with van der Waals surface area (Å²) in [6.07, 6.45) is 6.14. The zero-order valence-corrected chi connectivity index (χ0v) is 13.8. The molecule has 2 rings (SSSR count). The van der Waals surface area contributed by atoms with Gasteiger partial charge in [-0.2, -0.15) is 0 Å². The minimum absolute atomic E-state index is 0.0967. The maximum absolute atomic E-state index is 12.3. The highest BCUT2D eigenvalue weighted by Crippen LogP contribution is 2.13. The zero-order valence-electron chi connectivity index (χ0n) is 12.2. The second-order valence-electron chi connectivity index (χ2n) is 5.25. The van der Waals surface area contributed by atoms with Crippen molar-refractivity contribution in [2.45, 2.75) is 32.1 Å². The molecule has 2 aromatic carbocycles. The van der Waals surface area contributed by atoms with E-state index >= 15 is 0 Å². The molecule has 0 fully saturated rings. The van der Waals surface area contributed by atoms with Gasteiger partial charge < -0.3 is 0 Å². The molecule has 0 spiro atoms. The lowest BCUT2D eigenvalue weighted by Crippen LogP contribution is -2.01. The molecule has 0 unspecified atom stereocenters. The number of benzene rings is 2. The molecule has 0 aliphatic carbocycles. The van der Waals surface area contributed by atoms with Crippen molar-refractivity contribution in [3.05, 3.63) is 71.3 Å². The molecule has 0 bridgehead atoms. The predicted molar refractivity (Wildman–Crippen MR) is 92.3 cm³/mol. The maximum atomic E-state index is 12.3. The molecule has 21 heavy (non-hydrogen) atoms. The Morgan fingerprint density at radius 1 is 0.762 bits per heavy atom. The van der Waals surface area contributed by atoms with Crippen LogP contribution in [0.5, 0.6) is 0 Å². The second-order valence-corrected chi connectivity index (χ2v) is 6.04. The zero-order chi connectivity index (χ0) is 14.9. The molecular formula is C19H21BrO. The number of unbranched alkanes of at least 4 members (excludes halogenated alkanes) is 3. The molecule has 0 aliphatic rings. The van der Waals surface area contributed by atoms with Gasteiger partial charge in [0, 0.05) is 16.5 Å². The summed E-state index contributed by atoms with van der Waals surface area (Å²) < 4.78 is 0. The Hall–Kier alpha value is -1.41. The molecule has 2 aromatic rings. The van der Waals surface area contributed by atoms with Crippen LogP contribution in [0.4, 0.5) is 0 Å². The predicted octanol–water partition coefficient (Wildman–Crippen LogP) is 5.42. The van der Waals surface area contributed by atoms with E-state index in [0.717, 1.165) is 22.9 Å². The lowest BCUT2D eigenvalue weighted by molar-refractivity contribution is 0.103. The monoisotopic (exact) mass is 344 g/mol. The van der Waals surface area contributed by atoms with Gasteiger partial charge in [-0.05, 0) is 24.8 Å². The van der Waals surface area contributed by atoms with Crippen molar-refractivity contribution in [3.63, 3.8) is 0 Å². The first-order chi connectivity index (χ1) is 10.3. The van der Waals surface area contributed by atoms with Crippen LogP contribution in [0.2, 0.25) is 0 Å². The molecule has 0 radical (unpaired) electrons. The van der Waals surface area contributed by atoms with Crippen molar-refractivity contribution in [1.29, 1.82) is 0 Å². The summed E-state index contributed by atoms with van der Waals surface area (Å²) in [5.41, 5.74) is 2.84. The summed E-state index contributed by atoms with van der Waals surface area (Å²) in [6.45, 7) is 0. The van der Waals surface area contributed by atoms with Gasteiger partial charge in [0.1, 0.15) is 0 Å². The third-order valence-electron chi connectivity index (χ3n) is 3.60. The van der Waals surface area contributed by atoms with Gasteiger partial charge in [-0.3, -0.25) is 4.79 Å². The molecule has 0 atom stereocenters. The van der Waals surface area contributed by atoms with E-state index in [1.165, 1.54) is 31.2 Å². The van der Waals surface area contributed by atoms with Gasteiger partial charge in [-0.1, -0.05) is 83.4 Å². The van der Waals surface area contributed by atoms with Crippen LogP contribution in [0.1, 0.15) is 47.2 Å². The van der Waals surface area contributed by atoms with Crippen molar-refractivity contribution in [2.24, 2.45) is 0 Å². The smallest absolute Gasteiger partial charge is 0.193 e. The molecule has 0 saturated heterocycles. The van der Waals surface area contributed by atoms with E-state index in [0.29, 0.717) is 0 Å². The lowest BCUT2D eigenvalue weighted by atomic mass is 10.00. The van der Waals surface area contributed by atoms with Crippen molar-refractivity contribution in [3.8, 4) is 0 Å². The summed E-state index contributed by atoms with van der Waals surface area (Å²) in [7, 11) is 0. The first kappa shape index (κ1) is 16.0. The van der Waals surface area contributed by atoms with Crippen LogP contribution >= 0.6 is 15.9 Å². The number of ketones is 1. The standard InChI is InChI=1S/C19H21BrO/c20-15-7-2-1-4-8-16-11-13-18(14-12-16)19(21)17-9-5-3-6-10-17/h3,5-6,9-14H,1-2,4,7-8,15H2. The number of rotatable bonds is 8. The van der Waals surface area contributed by atoms with Crippen molar-refractivity contribution in [2.75, 3.05) is 5.33 Å². The summed E-state index contributed by atoms with van der Waals surface area (Å²) >= 11 is 3.46. The Kier molecular flexibility index (Phi) is 6.68. The molecule has 0 aliphatic heterocycles. The average molecular weight is 345 g/mol. The minimum atomic E-state index is 0.0967. The van der Waals surface area contributed by atoms with Gasteiger partial charge in [0.15, 0.2) is 5.78 Å². The number of hydrogen-bond donors (Lipinski definition) is 0. The highest BCUT2D eigenvalue weighted by molar-refractivity contribution is 9.09. The van der Waals surface area contributed by atoms with Crippen LogP contribution in [-0.4, -0.2) is 11.1 Å². The van der Waals surface area contributed by atoms with Crippen LogP contribution in [0.25, 0.3) is 0 Å². The highest BCUT2D eigenvalue weighted by atomic mass is 79.9. The van der Waals surface area contributed by atoms with E-state index in [1.807, 2.05) is 42.5 Å². The third kappa shape index (κ3) is 5.13. The molecule has 0 saturated carbocycles.